The van der Waals surface area contributed by atoms with Gasteiger partial charge >= 0.3 is 0 Å². The standard InChI is InChI=1S/C9H18O3/c10-5-1-3-9(4-2-6-11)7-12-8-9/h10-11H,1-8H2. The lowest BCUT2D eigenvalue weighted by Gasteiger charge is -2.41. The van der Waals surface area contributed by atoms with Gasteiger partial charge in [0.1, 0.15) is 0 Å². The van der Waals surface area contributed by atoms with Crippen molar-refractivity contribution in [3.63, 3.8) is 0 Å². The van der Waals surface area contributed by atoms with Crippen LogP contribution in [0.4, 0.5) is 0 Å². The van der Waals surface area contributed by atoms with Crippen molar-refractivity contribution in [2.24, 2.45) is 5.41 Å². The average molecular weight is 174 g/mol. The van der Waals surface area contributed by atoms with Crippen molar-refractivity contribution in [2.75, 3.05) is 26.4 Å². The zero-order chi connectivity index (χ0) is 8.86. The van der Waals surface area contributed by atoms with Crippen LogP contribution < -0.4 is 0 Å². The molecule has 0 aromatic heterocycles. The molecule has 0 saturated carbocycles. The summed E-state index contributed by atoms with van der Waals surface area (Å²) < 4.78 is 5.17. The highest BCUT2D eigenvalue weighted by atomic mass is 16.5. The van der Waals surface area contributed by atoms with Crippen LogP contribution in [0.2, 0.25) is 0 Å². The molecule has 12 heavy (non-hydrogen) atoms. The maximum absolute atomic E-state index is 8.68. The van der Waals surface area contributed by atoms with Crippen molar-refractivity contribution >= 4 is 0 Å². The third-order valence-electron chi connectivity index (χ3n) is 2.55. The van der Waals surface area contributed by atoms with Gasteiger partial charge in [0.15, 0.2) is 0 Å². The van der Waals surface area contributed by atoms with Crippen LogP contribution in [0.5, 0.6) is 0 Å². The fourth-order valence-corrected chi connectivity index (χ4v) is 1.71. The molecule has 72 valence electrons. The van der Waals surface area contributed by atoms with Gasteiger partial charge in [0, 0.05) is 18.6 Å². The van der Waals surface area contributed by atoms with Gasteiger partial charge in [-0.2, -0.15) is 0 Å². The number of hydrogen-bond acceptors (Lipinski definition) is 3. The molecule has 1 fully saturated rings. The second-order valence-corrected chi connectivity index (χ2v) is 3.65. The lowest BCUT2D eigenvalue weighted by molar-refractivity contribution is -0.125. The zero-order valence-electron chi connectivity index (χ0n) is 7.46. The van der Waals surface area contributed by atoms with Crippen molar-refractivity contribution in [2.45, 2.75) is 25.7 Å². The molecule has 2 N–H and O–H groups in total. The molecule has 1 rings (SSSR count). The summed E-state index contributed by atoms with van der Waals surface area (Å²) in [7, 11) is 0. The van der Waals surface area contributed by atoms with Gasteiger partial charge in [-0.3, -0.25) is 0 Å². The van der Waals surface area contributed by atoms with E-state index in [1.165, 1.54) is 0 Å². The van der Waals surface area contributed by atoms with Gasteiger partial charge in [-0.25, -0.2) is 0 Å². The number of aliphatic hydroxyl groups excluding tert-OH is 2. The van der Waals surface area contributed by atoms with Crippen LogP contribution in [0, 0.1) is 5.41 Å². The summed E-state index contributed by atoms with van der Waals surface area (Å²) in [5.74, 6) is 0. The van der Waals surface area contributed by atoms with Crippen LogP contribution in [0.25, 0.3) is 0 Å². The minimum atomic E-state index is 0.265. The summed E-state index contributed by atoms with van der Waals surface area (Å²) in [6.45, 7) is 2.15. The van der Waals surface area contributed by atoms with E-state index in [0.717, 1.165) is 38.9 Å². The Morgan fingerprint density at radius 3 is 1.75 bits per heavy atom. The van der Waals surface area contributed by atoms with Crippen molar-refractivity contribution in [3.8, 4) is 0 Å². The van der Waals surface area contributed by atoms with Crippen molar-refractivity contribution < 1.29 is 14.9 Å². The molecule has 0 spiro atoms. The van der Waals surface area contributed by atoms with Gasteiger partial charge in [-0.15, -0.1) is 0 Å². The third kappa shape index (κ3) is 2.44. The van der Waals surface area contributed by atoms with E-state index in [1.807, 2.05) is 0 Å². The molecular weight excluding hydrogens is 156 g/mol. The van der Waals surface area contributed by atoms with Crippen molar-refractivity contribution in [3.05, 3.63) is 0 Å². The van der Waals surface area contributed by atoms with E-state index in [0.29, 0.717) is 0 Å². The first-order chi connectivity index (χ1) is 5.83. The number of ether oxygens (including phenoxy) is 1. The van der Waals surface area contributed by atoms with Crippen molar-refractivity contribution in [1.82, 2.24) is 0 Å². The summed E-state index contributed by atoms with van der Waals surface area (Å²) >= 11 is 0. The lowest BCUT2D eigenvalue weighted by atomic mass is 9.77. The van der Waals surface area contributed by atoms with Crippen molar-refractivity contribution in [1.29, 1.82) is 0 Å². The fraction of sp³-hybridized carbons (Fsp3) is 1.00. The fourth-order valence-electron chi connectivity index (χ4n) is 1.71. The smallest absolute Gasteiger partial charge is 0.0544 e. The van der Waals surface area contributed by atoms with Gasteiger partial charge in [-0.05, 0) is 25.7 Å². The molecule has 0 amide bonds. The highest BCUT2D eigenvalue weighted by Gasteiger charge is 2.36. The maximum atomic E-state index is 8.68. The average Bonchev–Trinajstić information content (AvgIpc) is 2.02. The molecule has 1 heterocycles. The Labute approximate surface area is 73.4 Å². The number of rotatable bonds is 6. The Balaban J connectivity index is 2.19. The Bertz CT molecular complexity index is 111. The molecule has 0 aliphatic carbocycles. The highest BCUT2D eigenvalue weighted by Crippen LogP contribution is 2.37. The quantitative estimate of drug-likeness (QED) is 0.618. The van der Waals surface area contributed by atoms with E-state index in [9.17, 15) is 0 Å². The predicted octanol–water partition coefficient (Wildman–Crippen LogP) is 0.548. The first kappa shape index (κ1) is 9.96. The van der Waals surface area contributed by atoms with E-state index in [2.05, 4.69) is 0 Å². The molecule has 0 radical (unpaired) electrons. The second kappa shape index (κ2) is 4.80. The first-order valence-corrected chi connectivity index (χ1v) is 4.62. The molecule has 1 aliphatic rings. The molecule has 0 aromatic carbocycles. The summed E-state index contributed by atoms with van der Waals surface area (Å²) in [6, 6.07) is 0. The minimum absolute atomic E-state index is 0.265. The molecule has 0 aromatic rings. The molecule has 1 aliphatic heterocycles. The van der Waals surface area contributed by atoms with E-state index in [1.54, 1.807) is 0 Å². The maximum Gasteiger partial charge on any atom is 0.0544 e. The van der Waals surface area contributed by atoms with Gasteiger partial charge in [0.2, 0.25) is 0 Å². The highest BCUT2D eigenvalue weighted by molar-refractivity contribution is 4.85. The van der Waals surface area contributed by atoms with Crippen LogP contribution in [0.3, 0.4) is 0 Å². The minimum Gasteiger partial charge on any atom is -0.396 e. The first-order valence-electron chi connectivity index (χ1n) is 4.62. The molecule has 3 nitrogen and oxygen atoms in total. The van der Waals surface area contributed by atoms with Crippen LogP contribution in [0.15, 0.2) is 0 Å². The molecule has 0 atom stereocenters. The van der Waals surface area contributed by atoms with Crippen LogP contribution in [0.1, 0.15) is 25.7 Å². The van der Waals surface area contributed by atoms with Crippen LogP contribution in [-0.4, -0.2) is 36.6 Å². The third-order valence-corrected chi connectivity index (χ3v) is 2.55. The Kier molecular flexibility index (Phi) is 3.98. The summed E-state index contributed by atoms with van der Waals surface area (Å²) in [4.78, 5) is 0. The van der Waals surface area contributed by atoms with E-state index in [-0.39, 0.29) is 18.6 Å². The van der Waals surface area contributed by atoms with Gasteiger partial charge in [-0.1, -0.05) is 0 Å². The number of aliphatic hydroxyl groups is 2. The molecule has 0 unspecified atom stereocenters. The predicted molar refractivity (Wildman–Crippen MR) is 45.9 cm³/mol. The SMILES string of the molecule is OCCCC1(CCCO)COC1. The Morgan fingerprint density at radius 2 is 1.50 bits per heavy atom. The summed E-state index contributed by atoms with van der Waals surface area (Å²) in [5, 5.41) is 17.4. The summed E-state index contributed by atoms with van der Waals surface area (Å²) in [5.41, 5.74) is 0.283. The number of hydrogen-bond donors (Lipinski definition) is 2. The van der Waals surface area contributed by atoms with Crippen LogP contribution >= 0.6 is 0 Å². The second-order valence-electron chi connectivity index (χ2n) is 3.65. The van der Waals surface area contributed by atoms with E-state index in [4.69, 9.17) is 14.9 Å². The normalized spacial score (nSPS) is 20.5. The Morgan fingerprint density at radius 1 is 1.00 bits per heavy atom. The summed E-state index contributed by atoms with van der Waals surface area (Å²) in [6.07, 6.45) is 3.77. The molecule has 1 saturated heterocycles. The van der Waals surface area contributed by atoms with Gasteiger partial charge < -0.3 is 14.9 Å². The Hall–Kier alpha value is -0.120. The van der Waals surface area contributed by atoms with E-state index >= 15 is 0 Å². The topological polar surface area (TPSA) is 49.7 Å². The largest absolute Gasteiger partial charge is 0.396 e. The van der Waals surface area contributed by atoms with E-state index < -0.39 is 0 Å². The van der Waals surface area contributed by atoms with Gasteiger partial charge in [0.05, 0.1) is 13.2 Å². The molecular formula is C9H18O3. The lowest BCUT2D eigenvalue weighted by Crippen LogP contribution is -2.42. The van der Waals surface area contributed by atoms with Crippen LogP contribution in [-0.2, 0) is 4.74 Å². The zero-order valence-corrected chi connectivity index (χ0v) is 7.46. The van der Waals surface area contributed by atoms with Gasteiger partial charge in [0.25, 0.3) is 0 Å². The monoisotopic (exact) mass is 174 g/mol. The molecule has 3 heteroatoms. The molecule has 0 bridgehead atoms.